The van der Waals surface area contributed by atoms with Gasteiger partial charge in [-0.25, -0.2) is 0 Å². The van der Waals surface area contributed by atoms with Crippen LogP contribution in [0.2, 0.25) is 0 Å². The van der Waals surface area contributed by atoms with Gasteiger partial charge in [-0.1, -0.05) is 6.92 Å². The van der Waals surface area contributed by atoms with E-state index in [2.05, 4.69) is 51.9 Å². The first-order chi connectivity index (χ1) is 9.25. The second kappa shape index (κ2) is 5.94. The summed E-state index contributed by atoms with van der Waals surface area (Å²) >= 11 is 0. The van der Waals surface area contributed by atoms with E-state index in [0.29, 0.717) is 6.04 Å². The van der Waals surface area contributed by atoms with Crippen molar-refractivity contribution < 1.29 is 4.74 Å². The highest BCUT2D eigenvalue weighted by Crippen LogP contribution is 2.41. The summed E-state index contributed by atoms with van der Waals surface area (Å²) in [5.74, 6) is 0. The normalized spacial score (nSPS) is 36.5. The highest BCUT2D eigenvalue weighted by molar-refractivity contribution is 5.01. The van der Waals surface area contributed by atoms with Gasteiger partial charge in [-0.15, -0.1) is 0 Å². The third-order valence-corrected chi connectivity index (χ3v) is 5.28. The molecule has 20 heavy (non-hydrogen) atoms. The lowest BCUT2D eigenvalue weighted by molar-refractivity contribution is -0.0828. The van der Waals surface area contributed by atoms with Crippen molar-refractivity contribution in [3.05, 3.63) is 0 Å². The highest BCUT2D eigenvalue weighted by Gasteiger charge is 2.48. The minimum Gasteiger partial charge on any atom is -0.368 e. The summed E-state index contributed by atoms with van der Waals surface area (Å²) in [5.41, 5.74) is -0.0137. The molecule has 2 aliphatic rings. The molecule has 1 aliphatic heterocycles. The molecule has 1 saturated carbocycles. The summed E-state index contributed by atoms with van der Waals surface area (Å²) in [6, 6.07) is 2.01. The molecule has 0 aromatic rings. The van der Waals surface area contributed by atoms with E-state index < -0.39 is 0 Å². The average Bonchev–Trinajstić information content (AvgIpc) is 2.58. The SMILES string of the molecule is CCNC1CCC(N(C)C2CC(C)(C)OC2(C)C)CC1. The van der Waals surface area contributed by atoms with E-state index in [1.165, 1.54) is 25.7 Å². The molecular weight excluding hydrogens is 248 g/mol. The number of ether oxygens (including phenoxy) is 1. The molecule has 3 nitrogen and oxygen atoms in total. The zero-order valence-electron chi connectivity index (χ0n) is 14.3. The molecule has 0 radical (unpaired) electrons. The van der Waals surface area contributed by atoms with E-state index >= 15 is 0 Å². The summed E-state index contributed by atoms with van der Waals surface area (Å²) in [6.45, 7) is 12.3. The second-order valence-electron chi connectivity index (χ2n) is 7.91. The summed E-state index contributed by atoms with van der Waals surface area (Å²) in [7, 11) is 2.31. The molecule has 1 N–H and O–H groups in total. The van der Waals surface area contributed by atoms with Crippen LogP contribution < -0.4 is 5.32 Å². The minimum absolute atomic E-state index is 0.0173. The first-order valence-electron chi connectivity index (χ1n) is 8.40. The van der Waals surface area contributed by atoms with Gasteiger partial charge in [-0.2, -0.15) is 0 Å². The Morgan fingerprint density at radius 1 is 1.10 bits per heavy atom. The molecule has 3 heteroatoms. The van der Waals surface area contributed by atoms with Crippen molar-refractivity contribution in [1.82, 2.24) is 10.2 Å². The van der Waals surface area contributed by atoms with E-state index in [1.807, 2.05) is 0 Å². The van der Waals surface area contributed by atoms with Gasteiger partial charge in [0.1, 0.15) is 0 Å². The van der Waals surface area contributed by atoms with E-state index in [-0.39, 0.29) is 11.2 Å². The summed E-state index contributed by atoms with van der Waals surface area (Å²) in [6.07, 6.45) is 6.42. The lowest BCUT2D eigenvalue weighted by atomic mass is 9.86. The van der Waals surface area contributed by atoms with E-state index in [1.54, 1.807) is 0 Å². The first kappa shape index (κ1) is 16.3. The lowest BCUT2D eigenvalue weighted by Crippen LogP contribution is -2.51. The number of nitrogens with one attached hydrogen (secondary N) is 1. The third-order valence-electron chi connectivity index (χ3n) is 5.28. The molecule has 1 atom stereocenters. The second-order valence-corrected chi connectivity index (χ2v) is 7.91. The number of hydrogen-bond acceptors (Lipinski definition) is 3. The molecule has 0 aromatic carbocycles. The molecule has 1 unspecified atom stereocenters. The topological polar surface area (TPSA) is 24.5 Å². The van der Waals surface area contributed by atoms with Crippen molar-refractivity contribution in [3.8, 4) is 0 Å². The van der Waals surface area contributed by atoms with Gasteiger partial charge in [-0.3, -0.25) is 4.90 Å². The van der Waals surface area contributed by atoms with Gasteiger partial charge in [0.25, 0.3) is 0 Å². The molecule has 0 bridgehead atoms. The largest absolute Gasteiger partial charge is 0.368 e. The van der Waals surface area contributed by atoms with Crippen LogP contribution in [-0.2, 0) is 4.74 Å². The first-order valence-corrected chi connectivity index (χ1v) is 8.40. The van der Waals surface area contributed by atoms with Crippen molar-refractivity contribution in [2.75, 3.05) is 13.6 Å². The fraction of sp³-hybridized carbons (Fsp3) is 1.00. The number of rotatable bonds is 4. The van der Waals surface area contributed by atoms with Crippen LogP contribution in [0.5, 0.6) is 0 Å². The van der Waals surface area contributed by atoms with Crippen LogP contribution in [-0.4, -0.2) is 47.8 Å². The van der Waals surface area contributed by atoms with Crippen molar-refractivity contribution >= 4 is 0 Å². The van der Waals surface area contributed by atoms with Crippen LogP contribution >= 0.6 is 0 Å². The van der Waals surface area contributed by atoms with Crippen LogP contribution in [0.25, 0.3) is 0 Å². The molecule has 2 rings (SSSR count). The van der Waals surface area contributed by atoms with Crippen molar-refractivity contribution in [2.45, 2.75) is 96.1 Å². The van der Waals surface area contributed by atoms with Crippen LogP contribution in [0.15, 0.2) is 0 Å². The molecule has 0 spiro atoms. The standard InChI is InChI=1S/C17H34N2O/c1-7-18-13-8-10-14(11-9-13)19(6)15-12-16(2,3)20-17(15,4)5/h13-15,18H,7-12H2,1-6H3. The van der Waals surface area contributed by atoms with Crippen LogP contribution in [0.3, 0.4) is 0 Å². The average molecular weight is 282 g/mol. The smallest absolute Gasteiger partial charge is 0.0789 e. The van der Waals surface area contributed by atoms with Gasteiger partial charge < -0.3 is 10.1 Å². The van der Waals surface area contributed by atoms with Gasteiger partial charge in [0.15, 0.2) is 0 Å². The Bertz CT molecular complexity index is 319. The lowest BCUT2D eigenvalue weighted by Gasteiger charge is -2.41. The van der Waals surface area contributed by atoms with Crippen LogP contribution in [0.1, 0.15) is 66.7 Å². The Balaban J connectivity index is 1.94. The minimum atomic E-state index is -0.0310. The molecule has 1 saturated heterocycles. The Morgan fingerprint density at radius 3 is 2.15 bits per heavy atom. The fourth-order valence-electron chi connectivity index (χ4n) is 4.40. The third kappa shape index (κ3) is 3.55. The summed E-state index contributed by atoms with van der Waals surface area (Å²) in [5, 5.41) is 3.60. The number of nitrogens with zero attached hydrogens (tertiary/aromatic N) is 1. The predicted octanol–water partition coefficient (Wildman–Crippen LogP) is 3.19. The van der Waals surface area contributed by atoms with Gasteiger partial charge in [0.2, 0.25) is 0 Å². The van der Waals surface area contributed by atoms with Crippen LogP contribution in [0, 0.1) is 0 Å². The molecule has 0 amide bonds. The van der Waals surface area contributed by atoms with Crippen molar-refractivity contribution in [2.24, 2.45) is 0 Å². The Kier molecular flexibility index (Phi) is 4.83. The van der Waals surface area contributed by atoms with Gasteiger partial charge in [-0.05, 0) is 73.4 Å². The maximum absolute atomic E-state index is 6.27. The maximum atomic E-state index is 6.27. The monoisotopic (exact) mass is 282 g/mol. The predicted molar refractivity (Wildman–Crippen MR) is 85.1 cm³/mol. The maximum Gasteiger partial charge on any atom is 0.0789 e. The summed E-state index contributed by atoms with van der Waals surface area (Å²) < 4.78 is 6.27. The molecule has 0 aromatic heterocycles. The van der Waals surface area contributed by atoms with E-state index in [4.69, 9.17) is 4.74 Å². The Morgan fingerprint density at radius 2 is 1.70 bits per heavy atom. The number of likely N-dealkylation sites (N-methyl/N-ethyl adjacent to an activating group) is 1. The Hall–Kier alpha value is -0.120. The zero-order chi connectivity index (χ0) is 15.0. The molecule has 118 valence electrons. The van der Waals surface area contributed by atoms with Gasteiger partial charge in [0, 0.05) is 18.1 Å². The Labute approximate surface area is 125 Å². The fourth-order valence-corrected chi connectivity index (χ4v) is 4.40. The van der Waals surface area contributed by atoms with Crippen LogP contribution in [0.4, 0.5) is 0 Å². The van der Waals surface area contributed by atoms with E-state index in [0.717, 1.165) is 25.0 Å². The molecule has 2 fully saturated rings. The van der Waals surface area contributed by atoms with Crippen molar-refractivity contribution in [1.29, 1.82) is 0 Å². The summed E-state index contributed by atoms with van der Waals surface area (Å²) in [4.78, 5) is 2.62. The number of hydrogen-bond donors (Lipinski definition) is 1. The highest BCUT2D eigenvalue weighted by atomic mass is 16.5. The quantitative estimate of drug-likeness (QED) is 0.857. The van der Waals surface area contributed by atoms with Crippen molar-refractivity contribution in [3.63, 3.8) is 0 Å². The molecular formula is C17H34N2O. The van der Waals surface area contributed by atoms with Gasteiger partial charge in [0.05, 0.1) is 11.2 Å². The molecule has 1 aliphatic carbocycles. The van der Waals surface area contributed by atoms with Gasteiger partial charge >= 0.3 is 0 Å². The molecule has 1 heterocycles. The zero-order valence-corrected chi connectivity index (χ0v) is 14.3. The van der Waals surface area contributed by atoms with E-state index in [9.17, 15) is 0 Å².